The second kappa shape index (κ2) is 9.94. The van der Waals surface area contributed by atoms with Gasteiger partial charge in [-0.1, -0.05) is 42.4 Å². The van der Waals surface area contributed by atoms with Gasteiger partial charge in [0.1, 0.15) is 0 Å². The Morgan fingerprint density at radius 3 is 2.52 bits per heavy atom. The first-order chi connectivity index (χ1) is 14.0. The zero-order valence-corrected chi connectivity index (χ0v) is 18.3. The Hall–Kier alpha value is -2.31. The number of amides is 1. The molecule has 29 heavy (non-hydrogen) atoms. The van der Waals surface area contributed by atoms with Gasteiger partial charge >= 0.3 is 0 Å². The molecule has 0 bridgehead atoms. The number of nitrogens with one attached hydrogen (secondary N) is 2. The summed E-state index contributed by atoms with van der Waals surface area (Å²) in [5, 5.41) is 6.73. The number of anilines is 1. The van der Waals surface area contributed by atoms with Gasteiger partial charge in [-0.05, 0) is 61.7 Å². The molecule has 2 aromatic rings. The minimum atomic E-state index is -0.231. The van der Waals surface area contributed by atoms with E-state index in [1.807, 2.05) is 38.1 Å². The Morgan fingerprint density at radius 1 is 1.14 bits per heavy atom. The number of hydrogen-bond donors (Lipinski definition) is 2. The maximum atomic E-state index is 12.4. The molecule has 3 rings (SSSR count). The van der Waals surface area contributed by atoms with Crippen LogP contribution < -0.4 is 20.1 Å². The zero-order valence-electron chi connectivity index (χ0n) is 16.8. The Morgan fingerprint density at radius 2 is 1.86 bits per heavy atom. The summed E-state index contributed by atoms with van der Waals surface area (Å²) < 4.78 is 11.3. The smallest absolute Gasteiger partial charge is 0.260 e. The molecule has 1 atom stereocenters. The lowest BCUT2D eigenvalue weighted by Crippen LogP contribution is -2.30. The Kier molecular flexibility index (Phi) is 7.34. The second-order valence-electron chi connectivity index (χ2n) is 6.37. The third-order valence-electron chi connectivity index (χ3n) is 4.31. The molecule has 154 valence electrons. The summed E-state index contributed by atoms with van der Waals surface area (Å²) in [6.07, 6.45) is 2.81. The number of ether oxygens (including phenoxy) is 2. The molecule has 0 saturated carbocycles. The fourth-order valence-electron chi connectivity index (χ4n) is 2.92. The van der Waals surface area contributed by atoms with E-state index in [1.165, 1.54) is 17.3 Å². The number of carbonyl (C=O) groups excluding carboxylic acids is 1. The van der Waals surface area contributed by atoms with Gasteiger partial charge in [-0.3, -0.25) is 4.79 Å². The molecule has 7 heteroatoms. The van der Waals surface area contributed by atoms with Crippen molar-refractivity contribution in [1.82, 2.24) is 5.32 Å². The molecule has 0 radical (unpaired) electrons. The summed E-state index contributed by atoms with van der Waals surface area (Å²) >= 11 is 7.81. The van der Waals surface area contributed by atoms with Crippen LogP contribution in [0.1, 0.15) is 31.9 Å². The first kappa shape index (κ1) is 21.4. The van der Waals surface area contributed by atoms with E-state index < -0.39 is 0 Å². The molecule has 0 spiro atoms. The molecule has 2 N–H and O–H groups in total. The molecule has 0 unspecified atom stereocenters. The minimum absolute atomic E-state index is 0.124. The Balaban J connectivity index is 1.76. The first-order valence-electron chi connectivity index (χ1n) is 9.67. The van der Waals surface area contributed by atoms with E-state index in [2.05, 4.69) is 29.7 Å². The topological polar surface area (TPSA) is 59.6 Å². The van der Waals surface area contributed by atoms with Crippen molar-refractivity contribution in [3.63, 3.8) is 0 Å². The van der Waals surface area contributed by atoms with Crippen molar-refractivity contribution in [2.45, 2.75) is 32.7 Å². The van der Waals surface area contributed by atoms with Gasteiger partial charge < -0.3 is 20.1 Å². The van der Waals surface area contributed by atoms with E-state index in [0.29, 0.717) is 34.6 Å². The molecular formula is C22H25ClN2O3S. The largest absolute Gasteiger partial charge is 0.490 e. The predicted molar refractivity (Wildman–Crippen MR) is 121 cm³/mol. The van der Waals surface area contributed by atoms with E-state index in [4.69, 9.17) is 21.1 Å². The van der Waals surface area contributed by atoms with Crippen LogP contribution >= 0.6 is 23.4 Å². The van der Waals surface area contributed by atoms with Crippen LogP contribution in [0.4, 0.5) is 5.69 Å². The summed E-state index contributed by atoms with van der Waals surface area (Å²) in [5.41, 5.74) is 2.79. The normalized spacial score (nSPS) is 17.3. The average molecular weight is 433 g/mol. The van der Waals surface area contributed by atoms with Gasteiger partial charge in [-0.15, -0.1) is 0 Å². The monoisotopic (exact) mass is 432 g/mol. The molecule has 1 heterocycles. The highest BCUT2D eigenvalue weighted by Gasteiger charge is 2.27. The quantitative estimate of drug-likeness (QED) is 0.554. The van der Waals surface area contributed by atoms with Crippen molar-refractivity contribution in [3.8, 4) is 11.5 Å². The maximum absolute atomic E-state index is 12.4. The Bertz CT molecular complexity index is 900. The third kappa shape index (κ3) is 5.40. The van der Waals surface area contributed by atoms with Gasteiger partial charge in [0.2, 0.25) is 0 Å². The van der Waals surface area contributed by atoms with Crippen LogP contribution in [0, 0.1) is 0 Å². The van der Waals surface area contributed by atoms with Crippen molar-refractivity contribution in [2.75, 3.05) is 18.5 Å². The summed E-state index contributed by atoms with van der Waals surface area (Å²) in [4.78, 5) is 13.0. The first-order valence-corrected chi connectivity index (χ1v) is 10.9. The third-order valence-corrected chi connectivity index (χ3v) is 5.62. The van der Waals surface area contributed by atoms with Crippen molar-refractivity contribution in [3.05, 3.63) is 57.5 Å². The molecule has 1 aliphatic rings. The van der Waals surface area contributed by atoms with Crippen LogP contribution in [0.5, 0.6) is 11.5 Å². The van der Waals surface area contributed by atoms with Crippen LogP contribution in [-0.2, 0) is 11.2 Å². The average Bonchev–Trinajstić information content (AvgIpc) is 3.04. The number of halogens is 1. The summed E-state index contributed by atoms with van der Waals surface area (Å²) in [5.74, 6) is 0.972. The van der Waals surface area contributed by atoms with Gasteiger partial charge in [-0.2, -0.15) is 0 Å². The number of carbonyl (C=O) groups is 1. The van der Waals surface area contributed by atoms with E-state index in [9.17, 15) is 4.79 Å². The molecule has 1 amide bonds. The highest BCUT2D eigenvalue weighted by Crippen LogP contribution is 2.38. The van der Waals surface area contributed by atoms with E-state index in [1.54, 1.807) is 6.07 Å². The maximum Gasteiger partial charge on any atom is 0.260 e. The van der Waals surface area contributed by atoms with Crippen LogP contribution in [0.25, 0.3) is 6.08 Å². The van der Waals surface area contributed by atoms with Gasteiger partial charge in [0.05, 0.1) is 23.1 Å². The van der Waals surface area contributed by atoms with Gasteiger partial charge in [0, 0.05) is 5.69 Å². The summed E-state index contributed by atoms with van der Waals surface area (Å²) in [6, 6.07) is 11.8. The lowest BCUT2D eigenvalue weighted by atomic mass is 10.1. The van der Waals surface area contributed by atoms with Gasteiger partial charge in [-0.25, -0.2) is 0 Å². The van der Waals surface area contributed by atoms with E-state index in [0.717, 1.165) is 17.7 Å². The fourth-order valence-corrected chi connectivity index (χ4v) is 4.18. The fraction of sp³-hybridized carbons (Fsp3) is 0.318. The van der Waals surface area contributed by atoms with Gasteiger partial charge in [0.15, 0.2) is 17.0 Å². The highest BCUT2D eigenvalue weighted by molar-refractivity contribution is 8.05. The van der Waals surface area contributed by atoms with Crippen molar-refractivity contribution in [2.24, 2.45) is 0 Å². The van der Waals surface area contributed by atoms with Crippen molar-refractivity contribution < 1.29 is 14.3 Å². The number of benzene rings is 2. The molecule has 1 fully saturated rings. The Labute approximate surface area is 180 Å². The van der Waals surface area contributed by atoms with Crippen LogP contribution in [-0.4, -0.2) is 24.6 Å². The summed E-state index contributed by atoms with van der Waals surface area (Å²) in [6.45, 7) is 6.90. The predicted octanol–water partition coefficient (Wildman–Crippen LogP) is 5.30. The molecule has 0 aliphatic carbocycles. The lowest BCUT2D eigenvalue weighted by Gasteiger charge is -2.13. The second-order valence-corrected chi connectivity index (χ2v) is 7.92. The van der Waals surface area contributed by atoms with E-state index in [-0.39, 0.29) is 11.4 Å². The summed E-state index contributed by atoms with van der Waals surface area (Å²) in [7, 11) is 0. The van der Waals surface area contributed by atoms with Crippen molar-refractivity contribution in [1.29, 1.82) is 0 Å². The molecule has 1 saturated heterocycles. The zero-order chi connectivity index (χ0) is 20.8. The molecule has 0 aromatic heterocycles. The number of hydrogen-bond acceptors (Lipinski definition) is 5. The van der Waals surface area contributed by atoms with Crippen LogP contribution in [0.2, 0.25) is 5.02 Å². The molecular weight excluding hydrogens is 408 g/mol. The lowest BCUT2D eigenvalue weighted by molar-refractivity contribution is -0.116. The van der Waals surface area contributed by atoms with Crippen molar-refractivity contribution >= 4 is 41.0 Å². The standard InChI is InChI=1S/C22H25ClN2O3S/c1-4-14-7-9-16(10-8-14)24-22-25-21(26)19(29-22)13-15-11-17(23)20(28-6-3)18(12-15)27-5-2/h7-13,22,24H,4-6H2,1-3H3,(H,25,26)/b19-13-/t22-/m0/s1. The molecule has 2 aromatic carbocycles. The molecule has 1 aliphatic heterocycles. The SMILES string of the molecule is CCOc1cc(/C=C2\S[C@@H](Nc3ccc(CC)cc3)NC2=O)cc(Cl)c1OCC. The highest BCUT2D eigenvalue weighted by atomic mass is 35.5. The molecule has 5 nitrogen and oxygen atoms in total. The van der Waals surface area contributed by atoms with E-state index >= 15 is 0 Å². The number of thioether (sulfide) groups is 1. The number of rotatable bonds is 8. The minimum Gasteiger partial charge on any atom is -0.490 e. The number of aryl methyl sites for hydroxylation is 1. The van der Waals surface area contributed by atoms with Crippen LogP contribution in [0.3, 0.4) is 0 Å². The van der Waals surface area contributed by atoms with Crippen LogP contribution in [0.15, 0.2) is 41.3 Å². The van der Waals surface area contributed by atoms with Gasteiger partial charge in [0.25, 0.3) is 5.91 Å².